The maximum absolute atomic E-state index is 13.9. The maximum atomic E-state index is 13.9. The summed E-state index contributed by atoms with van der Waals surface area (Å²) in [6, 6.07) is 17.2. The van der Waals surface area contributed by atoms with Crippen LogP contribution in [0.15, 0.2) is 54.6 Å². The van der Waals surface area contributed by atoms with Crippen LogP contribution in [0.4, 0.5) is 0 Å². The number of hydrogen-bond donors (Lipinski definition) is 3. The highest BCUT2D eigenvalue weighted by Crippen LogP contribution is 2.54. The van der Waals surface area contributed by atoms with Crippen molar-refractivity contribution in [1.29, 1.82) is 0 Å². The molecule has 3 saturated heterocycles. The Hall–Kier alpha value is -2.86. The molecule has 2 amide bonds. The van der Waals surface area contributed by atoms with Crippen molar-refractivity contribution < 1.29 is 14.7 Å². The first kappa shape index (κ1) is 22.9. The summed E-state index contributed by atoms with van der Waals surface area (Å²) >= 11 is 0. The number of piperidine rings is 2. The van der Waals surface area contributed by atoms with Crippen LogP contribution in [0.3, 0.4) is 0 Å². The van der Waals surface area contributed by atoms with Gasteiger partial charge in [0.1, 0.15) is 11.3 Å². The average Bonchev–Trinajstić information content (AvgIpc) is 3.04. The normalized spacial score (nSPS) is 29.9. The fourth-order valence-electron chi connectivity index (χ4n) is 6.60. The number of rotatable bonds is 8. The van der Waals surface area contributed by atoms with Crippen LogP contribution in [0.1, 0.15) is 44.2 Å². The zero-order valence-electron chi connectivity index (χ0n) is 20.0. The smallest absolute Gasteiger partial charge is 0.248 e. The topological polar surface area (TPSA) is 81.7 Å². The molecule has 34 heavy (non-hydrogen) atoms. The van der Waals surface area contributed by atoms with Crippen molar-refractivity contribution in [2.24, 2.45) is 23.7 Å². The Morgan fingerprint density at radius 1 is 1.15 bits per heavy atom. The molecule has 3 heterocycles. The molecular weight excluding hydrogens is 426 g/mol. The van der Waals surface area contributed by atoms with Crippen LogP contribution in [-0.4, -0.2) is 39.9 Å². The van der Waals surface area contributed by atoms with E-state index < -0.39 is 5.54 Å². The highest BCUT2D eigenvalue weighted by molar-refractivity contribution is 5.97. The summed E-state index contributed by atoms with van der Waals surface area (Å²) in [5.74, 6) is 1.03. The van der Waals surface area contributed by atoms with Gasteiger partial charge in [-0.2, -0.15) is 0 Å². The molecule has 0 spiro atoms. The van der Waals surface area contributed by atoms with E-state index in [4.69, 9.17) is 0 Å². The third-order valence-electron chi connectivity index (χ3n) is 8.16. The minimum atomic E-state index is -0.890. The third-order valence-corrected chi connectivity index (χ3v) is 8.16. The van der Waals surface area contributed by atoms with Gasteiger partial charge >= 0.3 is 0 Å². The number of carbonyl (C=O) groups is 2. The molecule has 0 unspecified atom stereocenters. The van der Waals surface area contributed by atoms with Gasteiger partial charge in [-0.3, -0.25) is 14.5 Å². The highest BCUT2D eigenvalue weighted by atomic mass is 16.3. The SMILES string of the molecule is CC(C)CC[C@H]1[C@@H]2N(Cc3ccc(O)cc3)C[C@@H]3C[C@H]1C(=O)N[C@@]32C(=O)NCc1ccccc1. The number of likely N-dealkylation sites (tertiary alicyclic amines) is 1. The molecule has 4 bridgehead atoms. The number of carbonyl (C=O) groups excluding carboxylic acids is 2. The molecular formula is C28H35N3O3. The molecule has 6 rings (SSSR count). The van der Waals surface area contributed by atoms with E-state index >= 15 is 0 Å². The molecule has 6 heteroatoms. The van der Waals surface area contributed by atoms with Crippen molar-refractivity contribution in [3.05, 3.63) is 65.7 Å². The monoisotopic (exact) mass is 461 g/mol. The van der Waals surface area contributed by atoms with E-state index in [0.29, 0.717) is 19.0 Å². The van der Waals surface area contributed by atoms with Crippen LogP contribution < -0.4 is 10.6 Å². The standard InChI is InChI=1S/C28H35N3O3/c1-18(2)8-13-23-24-14-21-17-31(16-20-9-11-22(32)12-10-20)25(23)28(21,30-26(24)33)27(34)29-15-19-6-4-3-5-7-19/h3-7,9-12,18,21,23-25,32H,8,13-17H2,1-2H3,(H,29,34)(H,30,33)/t21-,23+,24+,25-,28-/m0/s1. The second-order valence-electron chi connectivity index (χ2n) is 10.7. The summed E-state index contributed by atoms with van der Waals surface area (Å²) in [7, 11) is 0. The molecule has 1 aliphatic carbocycles. The van der Waals surface area contributed by atoms with Gasteiger partial charge in [0.15, 0.2) is 0 Å². The first-order chi connectivity index (χ1) is 16.4. The predicted octanol–water partition coefficient (Wildman–Crippen LogP) is 3.45. The number of nitrogens with zero attached hydrogens (tertiary/aromatic N) is 1. The molecule has 0 radical (unpaired) electrons. The van der Waals surface area contributed by atoms with Crippen LogP contribution >= 0.6 is 0 Å². The lowest BCUT2D eigenvalue weighted by molar-refractivity contribution is -0.154. The molecule has 1 saturated carbocycles. The van der Waals surface area contributed by atoms with Gasteiger partial charge in [-0.1, -0.05) is 62.7 Å². The number of phenolic OH excluding ortho intramolecular Hbond substituents is 1. The Kier molecular flexibility index (Phi) is 6.11. The van der Waals surface area contributed by atoms with E-state index in [9.17, 15) is 14.7 Å². The number of amides is 2. The zero-order chi connectivity index (χ0) is 23.9. The highest BCUT2D eigenvalue weighted by Gasteiger charge is 2.70. The maximum Gasteiger partial charge on any atom is 0.248 e. The lowest BCUT2D eigenvalue weighted by atomic mass is 9.58. The Morgan fingerprint density at radius 3 is 2.59 bits per heavy atom. The van der Waals surface area contributed by atoms with Crippen LogP contribution in [0.25, 0.3) is 0 Å². The van der Waals surface area contributed by atoms with E-state index in [-0.39, 0.29) is 41.4 Å². The summed E-state index contributed by atoms with van der Waals surface area (Å²) in [6.07, 6.45) is 2.77. The predicted molar refractivity (Wildman–Crippen MR) is 131 cm³/mol. The number of benzene rings is 2. The molecule has 0 aromatic heterocycles. The second kappa shape index (κ2) is 9.06. The van der Waals surface area contributed by atoms with Crippen LogP contribution in [0, 0.1) is 23.7 Å². The lowest BCUT2D eigenvalue weighted by Crippen LogP contribution is -2.77. The van der Waals surface area contributed by atoms with Gasteiger partial charge < -0.3 is 15.7 Å². The molecule has 5 atom stereocenters. The number of aromatic hydroxyl groups is 1. The van der Waals surface area contributed by atoms with Gasteiger partial charge in [0.05, 0.1) is 0 Å². The van der Waals surface area contributed by atoms with Gasteiger partial charge in [-0.25, -0.2) is 0 Å². The second-order valence-corrected chi connectivity index (χ2v) is 10.7. The zero-order valence-corrected chi connectivity index (χ0v) is 20.0. The van der Waals surface area contributed by atoms with Crippen LogP contribution in [0.5, 0.6) is 5.75 Å². The quantitative estimate of drug-likeness (QED) is 0.563. The van der Waals surface area contributed by atoms with E-state index in [1.165, 1.54) is 0 Å². The molecule has 6 nitrogen and oxygen atoms in total. The van der Waals surface area contributed by atoms with Gasteiger partial charge in [-0.15, -0.1) is 0 Å². The number of hydrogen-bond acceptors (Lipinski definition) is 4. The molecule has 2 aromatic carbocycles. The van der Waals surface area contributed by atoms with E-state index in [2.05, 4.69) is 29.4 Å². The first-order valence-electron chi connectivity index (χ1n) is 12.5. The van der Waals surface area contributed by atoms with Gasteiger partial charge in [0, 0.05) is 37.5 Å². The van der Waals surface area contributed by atoms with E-state index in [1.807, 2.05) is 42.5 Å². The van der Waals surface area contributed by atoms with Crippen molar-refractivity contribution in [3.8, 4) is 5.75 Å². The average molecular weight is 462 g/mol. The minimum Gasteiger partial charge on any atom is -0.508 e. The third kappa shape index (κ3) is 3.98. The molecule has 3 aliphatic heterocycles. The summed E-state index contributed by atoms with van der Waals surface area (Å²) < 4.78 is 0. The lowest BCUT2D eigenvalue weighted by Gasteiger charge is -2.55. The molecule has 180 valence electrons. The van der Waals surface area contributed by atoms with Crippen molar-refractivity contribution in [2.75, 3.05) is 6.54 Å². The van der Waals surface area contributed by atoms with Gasteiger partial charge in [0.2, 0.25) is 11.8 Å². The Balaban J connectivity index is 1.45. The summed E-state index contributed by atoms with van der Waals surface area (Å²) in [6.45, 7) is 6.38. The van der Waals surface area contributed by atoms with Crippen LogP contribution in [0.2, 0.25) is 0 Å². The van der Waals surface area contributed by atoms with Gasteiger partial charge in [-0.05, 0) is 47.9 Å². The first-order valence-corrected chi connectivity index (χ1v) is 12.5. The Labute approximate surface area is 201 Å². The van der Waals surface area contributed by atoms with Crippen molar-refractivity contribution in [1.82, 2.24) is 15.5 Å². The van der Waals surface area contributed by atoms with Crippen molar-refractivity contribution in [2.45, 2.75) is 57.8 Å². The largest absolute Gasteiger partial charge is 0.508 e. The van der Waals surface area contributed by atoms with Crippen molar-refractivity contribution >= 4 is 11.8 Å². The van der Waals surface area contributed by atoms with Gasteiger partial charge in [0.25, 0.3) is 0 Å². The molecule has 3 N–H and O–H groups in total. The minimum absolute atomic E-state index is 0.0256. The summed E-state index contributed by atoms with van der Waals surface area (Å²) in [5, 5.41) is 16.1. The number of phenols is 1. The van der Waals surface area contributed by atoms with E-state index in [1.54, 1.807) is 12.1 Å². The molecule has 4 fully saturated rings. The number of fused-ring (bicyclic) bond motifs is 1. The summed E-state index contributed by atoms with van der Waals surface area (Å²) in [5.41, 5.74) is 1.27. The fraction of sp³-hybridized carbons (Fsp3) is 0.500. The Bertz CT molecular complexity index is 1040. The Morgan fingerprint density at radius 2 is 1.88 bits per heavy atom. The van der Waals surface area contributed by atoms with Crippen LogP contribution in [-0.2, 0) is 22.7 Å². The number of nitrogens with one attached hydrogen (secondary N) is 2. The van der Waals surface area contributed by atoms with Crippen molar-refractivity contribution in [3.63, 3.8) is 0 Å². The van der Waals surface area contributed by atoms with E-state index in [0.717, 1.165) is 36.9 Å². The summed E-state index contributed by atoms with van der Waals surface area (Å²) in [4.78, 5) is 29.5. The fourth-order valence-corrected chi connectivity index (χ4v) is 6.60. The molecule has 4 aliphatic rings. The molecule has 2 aromatic rings.